The zero-order valence-electron chi connectivity index (χ0n) is 11.4. The van der Waals surface area contributed by atoms with Gasteiger partial charge in [0, 0.05) is 23.4 Å². The second-order valence-corrected chi connectivity index (χ2v) is 7.30. The quantitative estimate of drug-likeness (QED) is 0.863. The minimum Gasteiger partial charge on any atom is -0.338 e. The fraction of sp³-hybridized carbons (Fsp3) is 0.643. The van der Waals surface area contributed by atoms with E-state index in [4.69, 9.17) is 0 Å². The van der Waals surface area contributed by atoms with Gasteiger partial charge in [0.25, 0.3) is 0 Å². The summed E-state index contributed by atoms with van der Waals surface area (Å²) >= 11 is 1.79. The van der Waals surface area contributed by atoms with E-state index >= 15 is 0 Å². The van der Waals surface area contributed by atoms with Crippen LogP contribution in [0.5, 0.6) is 0 Å². The Hall–Kier alpha value is -1.03. The van der Waals surface area contributed by atoms with E-state index in [0.29, 0.717) is 6.54 Å². The normalized spacial score (nSPS) is 17.3. The van der Waals surface area contributed by atoms with Crippen LogP contribution in [0.15, 0.2) is 17.5 Å². The molecule has 1 saturated carbocycles. The highest BCUT2D eigenvalue weighted by atomic mass is 32.1. The highest BCUT2D eigenvalue weighted by Gasteiger charge is 2.45. The van der Waals surface area contributed by atoms with Gasteiger partial charge in [-0.25, -0.2) is 4.79 Å². The van der Waals surface area contributed by atoms with Gasteiger partial charge in [-0.2, -0.15) is 0 Å². The van der Waals surface area contributed by atoms with Gasteiger partial charge in [0.05, 0.1) is 0 Å². The maximum atomic E-state index is 11.7. The van der Waals surface area contributed by atoms with Crippen LogP contribution in [0.25, 0.3) is 0 Å². The molecular formula is C14H22N2OS. The van der Waals surface area contributed by atoms with Gasteiger partial charge in [0.15, 0.2) is 0 Å². The second-order valence-electron chi connectivity index (χ2n) is 6.35. The number of hydrogen-bond donors (Lipinski definition) is 2. The molecule has 0 aliphatic heterocycles. The fourth-order valence-corrected chi connectivity index (χ4v) is 2.89. The van der Waals surface area contributed by atoms with Crippen molar-refractivity contribution in [2.75, 3.05) is 13.1 Å². The third kappa shape index (κ3) is 3.48. The molecule has 0 atom stereocenters. The highest BCUT2D eigenvalue weighted by molar-refractivity contribution is 7.10. The van der Waals surface area contributed by atoms with E-state index in [1.54, 1.807) is 11.3 Å². The summed E-state index contributed by atoms with van der Waals surface area (Å²) in [6.07, 6.45) is 2.38. The first-order valence-corrected chi connectivity index (χ1v) is 7.35. The van der Waals surface area contributed by atoms with Gasteiger partial charge in [-0.15, -0.1) is 11.3 Å². The van der Waals surface area contributed by atoms with Crippen molar-refractivity contribution in [3.63, 3.8) is 0 Å². The fourth-order valence-electron chi connectivity index (χ4n) is 1.90. The maximum Gasteiger partial charge on any atom is 0.314 e. The van der Waals surface area contributed by atoms with Crippen LogP contribution in [0.4, 0.5) is 4.79 Å². The van der Waals surface area contributed by atoms with Gasteiger partial charge in [-0.05, 0) is 29.7 Å². The molecule has 0 aromatic carbocycles. The van der Waals surface area contributed by atoms with Gasteiger partial charge in [-0.1, -0.05) is 26.8 Å². The summed E-state index contributed by atoms with van der Waals surface area (Å²) in [7, 11) is 0. The molecule has 1 heterocycles. The van der Waals surface area contributed by atoms with Crippen LogP contribution in [0.2, 0.25) is 0 Å². The van der Waals surface area contributed by atoms with E-state index in [1.807, 2.05) is 0 Å². The summed E-state index contributed by atoms with van der Waals surface area (Å²) in [6, 6.07) is 4.21. The molecule has 18 heavy (non-hydrogen) atoms. The van der Waals surface area contributed by atoms with E-state index in [9.17, 15) is 4.79 Å². The van der Waals surface area contributed by atoms with E-state index in [0.717, 1.165) is 6.54 Å². The Balaban J connectivity index is 1.77. The first-order chi connectivity index (χ1) is 8.41. The Labute approximate surface area is 113 Å². The van der Waals surface area contributed by atoms with Crippen molar-refractivity contribution < 1.29 is 4.79 Å². The molecule has 0 bridgehead atoms. The molecule has 1 aromatic rings. The van der Waals surface area contributed by atoms with E-state index in [2.05, 4.69) is 48.9 Å². The number of thiophene rings is 1. The van der Waals surface area contributed by atoms with Crippen molar-refractivity contribution in [1.82, 2.24) is 10.6 Å². The predicted octanol–water partition coefficient (Wildman–Crippen LogP) is 3.13. The first kappa shape index (κ1) is 13.4. The van der Waals surface area contributed by atoms with Crippen LogP contribution >= 0.6 is 11.3 Å². The summed E-state index contributed by atoms with van der Waals surface area (Å²) < 4.78 is 0. The average molecular weight is 266 g/mol. The molecule has 2 amide bonds. The molecule has 1 aliphatic rings. The molecule has 1 aliphatic carbocycles. The van der Waals surface area contributed by atoms with Gasteiger partial charge in [-0.3, -0.25) is 0 Å². The van der Waals surface area contributed by atoms with Gasteiger partial charge < -0.3 is 10.6 Å². The lowest BCUT2D eigenvalue weighted by molar-refractivity contribution is 0.234. The van der Waals surface area contributed by atoms with Crippen LogP contribution in [-0.4, -0.2) is 19.1 Å². The molecule has 1 aromatic heterocycles. The van der Waals surface area contributed by atoms with Crippen LogP contribution in [-0.2, 0) is 5.41 Å². The topological polar surface area (TPSA) is 41.1 Å². The van der Waals surface area contributed by atoms with Gasteiger partial charge in [0.1, 0.15) is 0 Å². The Morgan fingerprint density at radius 2 is 2.11 bits per heavy atom. The molecule has 0 unspecified atom stereocenters. The third-order valence-corrected chi connectivity index (χ3v) is 4.38. The molecule has 4 heteroatoms. The largest absolute Gasteiger partial charge is 0.338 e. The lowest BCUT2D eigenvalue weighted by atomic mass is 9.97. The van der Waals surface area contributed by atoms with Gasteiger partial charge >= 0.3 is 6.03 Å². The minimum atomic E-state index is -0.0484. The Morgan fingerprint density at radius 1 is 1.39 bits per heavy atom. The van der Waals surface area contributed by atoms with Crippen molar-refractivity contribution in [2.45, 2.75) is 39.0 Å². The number of rotatable bonds is 4. The van der Waals surface area contributed by atoms with Crippen LogP contribution in [0.1, 0.15) is 38.5 Å². The van der Waals surface area contributed by atoms with E-state index in [1.165, 1.54) is 17.7 Å². The predicted molar refractivity (Wildman–Crippen MR) is 76.1 cm³/mol. The summed E-state index contributed by atoms with van der Waals surface area (Å²) in [5.41, 5.74) is 0.357. The van der Waals surface area contributed by atoms with Crippen molar-refractivity contribution >= 4 is 17.4 Å². The molecule has 1 fully saturated rings. The Morgan fingerprint density at radius 3 is 2.61 bits per heavy atom. The number of hydrogen-bond acceptors (Lipinski definition) is 2. The monoisotopic (exact) mass is 266 g/mol. The van der Waals surface area contributed by atoms with Crippen molar-refractivity contribution in [3.8, 4) is 0 Å². The minimum absolute atomic E-state index is 0.0484. The maximum absolute atomic E-state index is 11.7. The number of urea groups is 1. The zero-order valence-corrected chi connectivity index (χ0v) is 12.2. The van der Waals surface area contributed by atoms with Crippen LogP contribution in [0.3, 0.4) is 0 Å². The molecule has 3 nitrogen and oxygen atoms in total. The summed E-state index contributed by atoms with van der Waals surface area (Å²) in [4.78, 5) is 13.1. The highest BCUT2D eigenvalue weighted by Crippen LogP contribution is 2.49. The molecule has 2 rings (SSSR count). The third-order valence-electron chi connectivity index (χ3n) is 3.26. The first-order valence-electron chi connectivity index (χ1n) is 6.47. The molecule has 0 spiro atoms. The summed E-state index contributed by atoms with van der Waals surface area (Å²) in [5.74, 6) is 0. The lowest BCUT2D eigenvalue weighted by Crippen LogP contribution is -2.42. The van der Waals surface area contributed by atoms with Crippen molar-refractivity contribution in [1.29, 1.82) is 0 Å². The van der Waals surface area contributed by atoms with E-state index < -0.39 is 0 Å². The van der Waals surface area contributed by atoms with Crippen LogP contribution in [0, 0.1) is 5.41 Å². The zero-order chi connectivity index (χ0) is 13.2. The number of amides is 2. The Kier molecular flexibility index (Phi) is 3.66. The van der Waals surface area contributed by atoms with Crippen molar-refractivity contribution in [2.24, 2.45) is 5.41 Å². The smallest absolute Gasteiger partial charge is 0.314 e. The SMILES string of the molecule is CC(C)(C)CNC(=O)NCC1(c2cccs2)CC1. The van der Waals surface area contributed by atoms with E-state index in [-0.39, 0.29) is 16.9 Å². The van der Waals surface area contributed by atoms with Crippen LogP contribution < -0.4 is 10.6 Å². The average Bonchev–Trinajstić information content (AvgIpc) is 2.87. The standard InChI is InChI=1S/C14H22N2OS/c1-13(2,3)9-15-12(17)16-10-14(6-7-14)11-5-4-8-18-11/h4-5,8H,6-7,9-10H2,1-3H3,(H2,15,16,17). The Bertz CT molecular complexity index is 402. The second kappa shape index (κ2) is 4.92. The number of carbonyl (C=O) groups is 1. The number of carbonyl (C=O) groups excluding carboxylic acids is 1. The summed E-state index contributed by atoms with van der Waals surface area (Å²) in [5, 5.41) is 8.03. The van der Waals surface area contributed by atoms with Crippen molar-refractivity contribution in [3.05, 3.63) is 22.4 Å². The number of nitrogens with one attached hydrogen (secondary N) is 2. The molecule has 2 N–H and O–H groups in total. The molecular weight excluding hydrogens is 244 g/mol. The molecule has 100 valence electrons. The molecule has 0 saturated heterocycles. The molecule has 0 radical (unpaired) electrons. The lowest BCUT2D eigenvalue weighted by Gasteiger charge is -2.20. The summed E-state index contributed by atoms with van der Waals surface area (Å²) in [6.45, 7) is 7.79. The van der Waals surface area contributed by atoms with Gasteiger partial charge in [0.2, 0.25) is 0 Å².